The van der Waals surface area contributed by atoms with Crippen LogP contribution >= 0.6 is 11.6 Å². The zero-order valence-corrected chi connectivity index (χ0v) is 14.3. The van der Waals surface area contributed by atoms with Crippen molar-refractivity contribution in [3.63, 3.8) is 0 Å². The van der Waals surface area contributed by atoms with E-state index in [1.54, 1.807) is 32.0 Å². The summed E-state index contributed by atoms with van der Waals surface area (Å²) in [5.74, 6) is -0.195. The first-order valence-corrected chi connectivity index (χ1v) is 7.69. The van der Waals surface area contributed by atoms with Gasteiger partial charge in [0.1, 0.15) is 22.8 Å². The van der Waals surface area contributed by atoms with Crippen molar-refractivity contribution in [1.82, 2.24) is 5.32 Å². The van der Waals surface area contributed by atoms with E-state index in [0.29, 0.717) is 22.3 Å². The van der Waals surface area contributed by atoms with Crippen LogP contribution in [0.5, 0.6) is 5.75 Å². The lowest BCUT2D eigenvalue weighted by atomic mass is 10.2. The minimum Gasteiger partial charge on any atom is -0.481 e. The summed E-state index contributed by atoms with van der Waals surface area (Å²) in [6.45, 7) is 5.11. The Kier molecular flexibility index (Phi) is 5.51. The van der Waals surface area contributed by atoms with Crippen LogP contribution in [-0.4, -0.2) is 23.1 Å². The molecule has 2 rings (SSSR count). The average molecular weight is 352 g/mol. The van der Waals surface area contributed by atoms with Crippen molar-refractivity contribution >= 4 is 23.5 Å². The van der Waals surface area contributed by atoms with E-state index in [2.05, 4.69) is 5.32 Å². The van der Waals surface area contributed by atoms with E-state index in [0.717, 1.165) is 5.56 Å². The van der Waals surface area contributed by atoms with Gasteiger partial charge in [0.25, 0.3) is 5.91 Å². The van der Waals surface area contributed by atoms with Gasteiger partial charge in [-0.2, -0.15) is 0 Å². The molecule has 2 aromatic rings. The van der Waals surface area contributed by atoms with Gasteiger partial charge < -0.3 is 19.6 Å². The van der Waals surface area contributed by atoms with Gasteiger partial charge >= 0.3 is 5.97 Å². The molecule has 6 nitrogen and oxygen atoms in total. The number of amides is 1. The number of nitrogens with one attached hydrogen (secondary N) is 1. The number of carbonyl (C=O) groups excluding carboxylic acids is 1. The molecule has 0 aliphatic rings. The zero-order chi connectivity index (χ0) is 17.9. The summed E-state index contributed by atoms with van der Waals surface area (Å²) in [6.07, 6.45) is -0.722. The minimum atomic E-state index is -1.07. The van der Waals surface area contributed by atoms with E-state index >= 15 is 0 Å². The molecule has 128 valence electrons. The number of carbonyl (C=O) groups is 2. The van der Waals surface area contributed by atoms with E-state index in [1.807, 2.05) is 6.92 Å². The third-order valence-corrected chi connectivity index (χ3v) is 3.87. The van der Waals surface area contributed by atoms with Crippen molar-refractivity contribution in [2.24, 2.45) is 0 Å². The molecule has 0 aliphatic carbocycles. The lowest BCUT2D eigenvalue weighted by molar-refractivity contribution is -0.127. The highest BCUT2D eigenvalue weighted by Gasteiger charge is 2.17. The van der Waals surface area contributed by atoms with E-state index in [-0.39, 0.29) is 18.0 Å². The Bertz CT molecular complexity index is 768. The summed E-state index contributed by atoms with van der Waals surface area (Å²) < 4.78 is 10.9. The molecule has 0 radical (unpaired) electrons. The Morgan fingerprint density at radius 1 is 1.33 bits per heavy atom. The van der Waals surface area contributed by atoms with E-state index in [1.165, 1.54) is 6.07 Å². The Morgan fingerprint density at radius 2 is 2.04 bits per heavy atom. The van der Waals surface area contributed by atoms with Gasteiger partial charge in [-0.25, -0.2) is 4.79 Å². The number of ether oxygens (including phenoxy) is 1. The number of benzene rings is 1. The second-order valence-corrected chi connectivity index (χ2v) is 5.78. The zero-order valence-electron chi connectivity index (χ0n) is 13.6. The Morgan fingerprint density at radius 3 is 2.62 bits per heavy atom. The van der Waals surface area contributed by atoms with Gasteiger partial charge in [-0.05, 0) is 50.6 Å². The van der Waals surface area contributed by atoms with Gasteiger partial charge in [0.15, 0.2) is 6.10 Å². The Labute approximate surface area is 144 Å². The van der Waals surface area contributed by atoms with E-state index in [9.17, 15) is 9.59 Å². The lowest BCUT2D eigenvalue weighted by Crippen LogP contribution is -2.35. The van der Waals surface area contributed by atoms with E-state index < -0.39 is 12.1 Å². The third-order valence-electron chi connectivity index (χ3n) is 3.45. The second kappa shape index (κ2) is 7.40. The topological polar surface area (TPSA) is 88.8 Å². The minimum absolute atomic E-state index is 0.0835. The maximum Gasteiger partial charge on any atom is 0.339 e. The number of aryl methyl sites for hydroxylation is 2. The summed E-state index contributed by atoms with van der Waals surface area (Å²) in [7, 11) is 0. The molecule has 0 saturated heterocycles. The number of carboxylic acids is 1. The van der Waals surface area contributed by atoms with Gasteiger partial charge in [-0.1, -0.05) is 11.6 Å². The molecular weight excluding hydrogens is 334 g/mol. The van der Waals surface area contributed by atoms with Gasteiger partial charge in [0.2, 0.25) is 0 Å². The molecule has 1 aromatic carbocycles. The molecule has 1 heterocycles. The van der Waals surface area contributed by atoms with Crippen molar-refractivity contribution in [2.45, 2.75) is 33.4 Å². The Balaban J connectivity index is 1.93. The van der Waals surface area contributed by atoms with Crippen LogP contribution < -0.4 is 10.1 Å². The fourth-order valence-corrected chi connectivity index (χ4v) is 2.23. The fraction of sp³-hybridized carbons (Fsp3) is 0.294. The predicted octanol–water partition coefficient (Wildman–Crippen LogP) is 3.33. The van der Waals surface area contributed by atoms with Crippen LogP contribution in [0.2, 0.25) is 5.02 Å². The van der Waals surface area contributed by atoms with Gasteiger partial charge in [0.05, 0.1) is 6.54 Å². The van der Waals surface area contributed by atoms with Crippen molar-refractivity contribution in [3.05, 3.63) is 51.9 Å². The van der Waals surface area contributed by atoms with Crippen molar-refractivity contribution in [1.29, 1.82) is 0 Å². The van der Waals surface area contributed by atoms with Crippen LogP contribution in [-0.2, 0) is 11.3 Å². The molecule has 1 unspecified atom stereocenters. The van der Waals surface area contributed by atoms with Crippen molar-refractivity contribution in [2.75, 3.05) is 0 Å². The van der Waals surface area contributed by atoms with Crippen LogP contribution in [0.1, 0.15) is 34.4 Å². The molecule has 1 aromatic heterocycles. The third kappa shape index (κ3) is 4.29. The number of halogens is 1. The first-order chi connectivity index (χ1) is 11.3. The predicted molar refractivity (Wildman–Crippen MR) is 88.5 cm³/mol. The lowest BCUT2D eigenvalue weighted by Gasteiger charge is -2.15. The Hall–Kier alpha value is -2.47. The van der Waals surface area contributed by atoms with Gasteiger partial charge in [-0.15, -0.1) is 0 Å². The molecule has 24 heavy (non-hydrogen) atoms. The number of hydrogen-bond donors (Lipinski definition) is 2. The smallest absolute Gasteiger partial charge is 0.339 e. The molecule has 7 heteroatoms. The highest BCUT2D eigenvalue weighted by Crippen LogP contribution is 2.22. The van der Waals surface area contributed by atoms with Crippen LogP contribution in [0, 0.1) is 13.8 Å². The highest BCUT2D eigenvalue weighted by molar-refractivity contribution is 6.31. The molecule has 1 atom stereocenters. The van der Waals surface area contributed by atoms with E-state index in [4.69, 9.17) is 25.9 Å². The molecule has 2 N–H and O–H groups in total. The number of furan rings is 1. The summed E-state index contributed by atoms with van der Waals surface area (Å²) in [5, 5.41) is 12.2. The second-order valence-electron chi connectivity index (χ2n) is 5.38. The van der Waals surface area contributed by atoms with Crippen LogP contribution in [0.25, 0.3) is 0 Å². The first kappa shape index (κ1) is 17.9. The molecule has 0 bridgehead atoms. The summed E-state index contributed by atoms with van der Waals surface area (Å²) in [4.78, 5) is 23.0. The monoisotopic (exact) mass is 351 g/mol. The number of hydrogen-bond acceptors (Lipinski definition) is 4. The number of carboxylic acid groups (broad SMARTS) is 1. The van der Waals surface area contributed by atoms with Crippen LogP contribution in [0.3, 0.4) is 0 Å². The maximum absolute atomic E-state index is 12.1. The summed E-state index contributed by atoms with van der Waals surface area (Å²) in [6, 6.07) is 6.54. The van der Waals surface area contributed by atoms with Gasteiger partial charge in [-0.3, -0.25) is 4.79 Å². The maximum atomic E-state index is 12.1. The SMILES string of the molecule is Cc1cc(OC(C)C(=O)NCc2cc(C(=O)O)c(C)o2)ccc1Cl. The summed E-state index contributed by atoms with van der Waals surface area (Å²) >= 11 is 5.95. The molecule has 0 fully saturated rings. The summed E-state index contributed by atoms with van der Waals surface area (Å²) in [5.41, 5.74) is 0.939. The molecule has 0 saturated carbocycles. The first-order valence-electron chi connectivity index (χ1n) is 7.31. The van der Waals surface area contributed by atoms with Crippen LogP contribution in [0.4, 0.5) is 0 Å². The number of rotatable bonds is 6. The quantitative estimate of drug-likeness (QED) is 0.833. The molecular formula is C17H18ClNO5. The van der Waals surface area contributed by atoms with Crippen molar-refractivity contribution < 1.29 is 23.8 Å². The van der Waals surface area contributed by atoms with Gasteiger partial charge in [0, 0.05) is 5.02 Å². The standard InChI is InChI=1S/C17H18ClNO5/c1-9-6-12(4-5-15(9)18)24-11(3)16(20)19-8-13-7-14(17(21)22)10(2)23-13/h4-7,11H,8H2,1-3H3,(H,19,20)(H,21,22). The van der Waals surface area contributed by atoms with Crippen molar-refractivity contribution in [3.8, 4) is 5.75 Å². The highest BCUT2D eigenvalue weighted by atomic mass is 35.5. The van der Waals surface area contributed by atoms with Crippen LogP contribution in [0.15, 0.2) is 28.7 Å². The largest absolute Gasteiger partial charge is 0.481 e. The normalized spacial score (nSPS) is 11.8. The fourth-order valence-electron chi connectivity index (χ4n) is 2.11. The molecule has 1 amide bonds. The molecule has 0 aliphatic heterocycles. The molecule has 0 spiro atoms. The average Bonchev–Trinajstić information content (AvgIpc) is 2.89. The number of aromatic carboxylic acids is 1.